The fourth-order valence-corrected chi connectivity index (χ4v) is 4.83. The molecule has 1 aliphatic heterocycles. The summed E-state index contributed by atoms with van der Waals surface area (Å²) in [5.41, 5.74) is -4.96. The molecule has 0 saturated carbocycles. The van der Waals surface area contributed by atoms with Crippen molar-refractivity contribution in [3.63, 3.8) is 0 Å². The first kappa shape index (κ1) is 27.6. The third kappa shape index (κ3) is 4.19. The van der Waals surface area contributed by atoms with Crippen molar-refractivity contribution in [2.75, 3.05) is 6.61 Å². The summed E-state index contributed by atoms with van der Waals surface area (Å²) in [6.45, 7) is 3.18. The van der Waals surface area contributed by atoms with Gasteiger partial charge in [0.05, 0.1) is 35.1 Å². The Kier molecular flexibility index (Phi) is 6.81. The minimum atomic E-state index is -5.17. The zero-order valence-corrected chi connectivity index (χ0v) is 21.1. The second-order valence-corrected chi connectivity index (χ2v) is 9.44. The Labute approximate surface area is 224 Å². The number of alkyl halides is 4. The molecule has 5 rings (SSSR count). The number of rotatable bonds is 3. The fraction of sp³-hybridized carbons (Fsp3) is 0.267. The van der Waals surface area contributed by atoms with Crippen LogP contribution in [0.15, 0.2) is 48.2 Å². The maximum absolute atomic E-state index is 15.4. The van der Waals surface area contributed by atoms with Crippen molar-refractivity contribution in [2.45, 2.75) is 44.6 Å². The Morgan fingerprint density at radius 1 is 0.800 bits per heavy atom. The highest BCUT2D eigenvalue weighted by atomic mass is 19.3. The highest BCUT2D eigenvalue weighted by molar-refractivity contribution is 5.78. The molecule has 3 aromatic carbocycles. The summed E-state index contributed by atoms with van der Waals surface area (Å²) < 4.78 is 131. The van der Waals surface area contributed by atoms with E-state index < -0.39 is 80.3 Å². The van der Waals surface area contributed by atoms with Crippen molar-refractivity contribution in [3.05, 3.63) is 99.3 Å². The van der Waals surface area contributed by atoms with Crippen LogP contribution < -0.4 is 4.74 Å². The average Bonchev–Trinajstić information content (AvgIpc) is 2.90. The number of hydrogen-bond donors (Lipinski definition) is 0. The molecule has 0 amide bonds. The van der Waals surface area contributed by atoms with E-state index in [1.54, 1.807) is 0 Å². The predicted molar refractivity (Wildman–Crippen MR) is 130 cm³/mol. The molecule has 2 nitrogen and oxygen atoms in total. The molecule has 10 heteroatoms. The van der Waals surface area contributed by atoms with Gasteiger partial charge in [0.15, 0.2) is 23.2 Å². The van der Waals surface area contributed by atoms with Crippen LogP contribution in [0.4, 0.5) is 35.1 Å². The smallest absolute Gasteiger partial charge is 0.343 e. The second kappa shape index (κ2) is 9.88. The molecule has 0 fully saturated rings. The maximum Gasteiger partial charge on any atom is 0.343 e. The fourth-order valence-electron chi connectivity index (χ4n) is 4.83. The van der Waals surface area contributed by atoms with Gasteiger partial charge in [-0.1, -0.05) is 24.0 Å². The van der Waals surface area contributed by atoms with E-state index in [0.717, 1.165) is 35.9 Å². The number of fused-ring (bicyclic) bond motifs is 3. The predicted octanol–water partition coefficient (Wildman–Crippen LogP) is 8.66. The van der Waals surface area contributed by atoms with Gasteiger partial charge < -0.3 is 9.47 Å². The third-order valence-corrected chi connectivity index (χ3v) is 6.89. The van der Waals surface area contributed by atoms with Crippen molar-refractivity contribution in [1.29, 1.82) is 0 Å². The van der Waals surface area contributed by atoms with Gasteiger partial charge in [0.25, 0.3) is 0 Å². The number of benzene rings is 3. The van der Waals surface area contributed by atoms with E-state index in [4.69, 9.17) is 9.47 Å². The van der Waals surface area contributed by atoms with Crippen LogP contribution in [0.5, 0.6) is 5.75 Å². The molecular weight excluding hydrogens is 544 g/mol. The zero-order chi connectivity index (χ0) is 29.0. The molecular formula is C30H20F8O2. The average molecular weight is 564 g/mol. The lowest BCUT2D eigenvalue weighted by atomic mass is 9.79. The van der Waals surface area contributed by atoms with Crippen LogP contribution >= 0.6 is 0 Å². The standard InChI is InChI=1S/C30H20F8O2/c1-3-39-22-13-11-19-18-9-7-16(25(31)23(18)29(35,36)30(37,38)24(19)28(22)34)5-6-17-8-10-20(27(33)26(17)32)21-12-4-15(2)14-40-21/h7-11,13-14,21H,3-4,12H2,1-2H3. The summed E-state index contributed by atoms with van der Waals surface area (Å²) in [6, 6.07) is 6.14. The van der Waals surface area contributed by atoms with Crippen molar-refractivity contribution >= 4 is 0 Å². The Morgan fingerprint density at radius 2 is 1.38 bits per heavy atom. The van der Waals surface area contributed by atoms with Crippen LogP contribution in [-0.4, -0.2) is 6.61 Å². The molecule has 0 bridgehead atoms. The second-order valence-electron chi connectivity index (χ2n) is 9.44. The van der Waals surface area contributed by atoms with E-state index in [0.29, 0.717) is 12.8 Å². The molecule has 2 aliphatic rings. The summed E-state index contributed by atoms with van der Waals surface area (Å²) in [6.07, 6.45) is 1.78. The van der Waals surface area contributed by atoms with Gasteiger partial charge in [0.2, 0.25) is 0 Å². The SMILES string of the molecule is CCOc1ccc2c(c1F)C(F)(F)C(F)(F)c1c-2ccc(C#Cc2ccc(C3CCC(C)=CO3)c(F)c2F)c1F. The number of hydrogen-bond acceptors (Lipinski definition) is 2. The monoisotopic (exact) mass is 564 g/mol. The van der Waals surface area contributed by atoms with E-state index in [9.17, 15) is 13.2 Å². The molecule has 208 valence electrons. The first-order valence-electron chi connectivity index (χ1n) is 12.3. The van der Waals surface area contributed by atoms with Gasteiger partial charge in [0, 0.05) is 5.56 Å². The number of allylic oxidation sites excluding steroid dienone is 1. The largest absolute Gasteiger partial charge is 0.493 e. The Morgan fingerprint density at radius 3 is 1.98 bits per heavy atom. The molecule has 0 saturated heterocycles. The van der Waals surface area contributed by atoms with Crippen molar-refractivity contribution in [1.82, 2.24) is 0 Å². The number of halogens is 8. The van der Waals surface area contributed by atoms with Crippen LogP contribution in [0, 0.1) is 35.1 Å². The maximum atomic E-state index is 15.4. The quantitative estimate of drug-likeness (QED) is 0.234. The first-order valence-corrected chi connectivity index (χ1v) is 12.3. The van der Waals surface area contributed by atoms with Gasteiger partial charge in [-0.25, -0.2) is 17.6 Å². The highest BCUT2D eigenvalue weighted by Gasteiger charge is 2.65. The summed E-state index contributed by atoms with van der Waals surface area (Å²) in [4.78, 5) is 0. The van der Waals surface area contributed by atoms with E-state index >= 15 is 22.0 Å². The molecule has 0 aromatic heterocycles. The van der Waals surface area contributed by atoms with E-state index in [1.165, 1.54) is 19.3 Å². The van der Waals surface area contributed by atoms with Crippen LogP contribution in [0.25, 0.3) is 11.1 Å². The molecule has 1 heterocycles. The minimum absolute atomic E-state index is 0.0490. The van der Waals surface area contributed by atoms with Crippen LogP contribution in [-0.2, 0) is 16.6 Å². The summed E-state index contributed by atoms with van der Waals surface area (Å²) in [7, 11) is 0. The minimum Gasteiger partial charge on any atom is -0.493 e. The first-order chi connectivity index (χ1) is 18.9. The highest BCUT2D eigenvalue weighted by Crippen LogP contribution is 2.60. The van der Waals surface area contributed by atoms with Gasteiger partial charge in [-0.2, -0.15) is 17.6 Å². The molecule has 0 spiro atoms. The molecule has 1 aliphatic carbocycles. The van der Waals surface area contributed by atoms with Crippen LogP contribution in [0.1, 0.15) is 60.6 Å². The van der Waals surface area contributed by atoms with Crippen molar-refractivity contribution in [2.24, 2.45) is 0 Å². The van der Waals surface area contributed by atoms with Crippen molar-refractivity contribution < 1.29 is 44.6 Å². The molecule has 3 aromatic rings. The summed E-state index contributed by atoms with van der Waals surface area (Å²) >= 11 is 0. The molecule has 0 N–H and O–H groups in total. The van der Waals surface area contributed by atoms with Gasteiger partial charge in [0.1, 0.15) is 11.9 Å². The van der Waals surface area contributed by atoms with Gasteiger partial charge >= 0.3 is 11.8 Å². The van der Waals surface area contributed by atoms with E-state index in [-0.39, 0.29) is 12.2 Å². The van der Waals surface area contributed by atoms with Crippen LogP contribution in [0.3, 0.4) is 0 Å². The summed E-state index contributed by atoms with van der Waals surface area (Å²) in [5.74, 6) is -12.7. The van der Waals surface area contributed by atoms with E-state index in [2.05, 4.69) is 11.8 Å². The van der Waals surface area contributed by atoms with E-state index in [1.807, 2.05) is 6.92 Å². The molecule has 0 radical (unpaired) electrons. The lowest BCUT2D eigenvalue weighted by molar-refractivity contribution is -0.227. The normalized spacial score (nSPS) is 18.4. The van der Waals surface area contributed by atoms with Crippen LogP contribution in [0.2, 0.25) is 0 Å². The molecule has 1 atom stereocenters. The number of ether oxygens (including phenoxy) is 2. The zero-order valence-electron chi connectivity index (χ0n) is 21.1. The van der Waals surface area contributed by atoms with Gasteiger partial charge in [-0.05, 0) is 67.7 Å². The Bertz CT molecular complexity index is 1610. The lowest BCUT2D eigenvalue weighted by Crippen LogP contribution is -2.41. The Hall–Kier alpha value is -4.00. The lowest BCUT2D eigenvalue weighted by Gasteiger charge is -2.35. The Balaban J connectivity index is 1.57. The van der Waals surface area contributed by atoms with Crippen molar-refractivity contribution in [3.8, 4) is 28.7 Å². The van der Waals surface area contributed by atoms with Gasteiger partial charge in [-0.15, -0.1) is 0 Å². The van der Waals surface area contributed by atoms with Gasteiger partial charge in [-0.3, -0.25) is 0 Å². The topological polar surface area (TPSA) is 18.5 Å². The third-order valence-electron chi connectivity index (χ3n) is 6.89. The molecule has 1 unspecified atom stereocenters. The summed E-state index contributed by atoms with van der Waals surface area (Å²) in [5, 5.41) is 0. The molecule has 40 heavy (non-hydrogen) atoms.